The highest BCUT2D eigenvalue weighted by Gasteiger charge is 2.67. The Kier molecular flexibility index (Phi) is 9.48. The molecule has 3 aromatic carbocycles. The second kappa shape index (κ2) is 13.7. The number of β-lactam (4-membered cyclic amide) rings is 1. The van der Waals surface area contributed by atoms with E-state index in [0.717, 1.165) is 11.8 Å². The van der Waals surface area contributed by atoms with E-state index < -0.39 is 45.9 Å². The first-order valence-corrected chi connectivity index (χ1v) is 17.5. The molecule has 2 aliphatic heterocycles. The Balaban J connectivity index is 1.37. The van der Waals surface area contributed by atoms with Gasteiger partial charge < -0.3 is 10.1 Å². The van der Waals surface area contributed by atoms with Crippen molar-refractivity contribution in [3.8, 4) is 0 Å². The second-order valence-electron chi connectivity index (χ2n) is 10.8. The molecule has 0 spiro atoms. The number of nitrogens with zero attached hydrogens (tertiary/aromatic N) is 2. The highest BCUT2D eigenvalue weighted by Crippen LogP contribution is 2.53. The molecule has 2 amide bonds. The predicted molar refractivity (Wildman–Crippen MR) is 179 cm³/mol. The Labute approximate surface area is 282 Å². The molecule has 13 heteroatoms. The molecule has 240 valence electrons. The van der Waals surface area contributed by atoms with Gasteiger partial charge in [0.2, 0.25) is 5.91 Å². The van der Waals surface area contributed by atoms with Crippen LogP contribution in [0.5, 0.6) is 0 Å². The Morgan fingerprint density at radius 3 is 2.23 bits per heavy atom. The highest BCUT2D eigenvalue weighted by atomic mass is 32.2. The van der Waals surface area contributed by atoms with Crippen LogP contribution < -0.4 is 5.32 Å². The number of fused-ring (bicyclic) bond motifs is 1. The molecule has 3 heterocycles. The number of non-ortho nitro benzene ring substituents is 1. The van der Waals surface area contributed by atoms with E-state index in [0.29, 0.717) is 20.9 Å². The van der Waals surface area contributed by atoms with Crippen molar-refractivity contribution in [1.29, 1.82) is 0 Å². The van der Waals surface area contributed by atoms with Crippen LogP contribution in [-0.2, 0) is 24.7 Å². The number of nitrogens with one attached hydrogen (secondary N) is 1. The number of rotatable bonds is 11. The minimum atomic E-state index is -1.66. The molecular weight excluding hydrogens is 662 g/mol. The lowest BCUT2D eigenvalue weighted by Gasteiger charge is -2.57. The fourth-order valence-corrected chi connectivity index (χ4v) is 9.06. The SMILES string of the molecule is CC(=O)NC1(c2cccs2)C(=O)N2C(C(=O)OC(c3ccccc3)c3ccccc3)=C(C(F)CSc3ccc([N+](=O)[O-])cc3)CS[C@H]21. The molecule has 2 unspecified atom stereocenters. The summed E-state index contributed by atoms with van der Waals surface area (Å²) >= 11 is 3.72. The van der Waals surface area contributed by atoms with Gasteiger partial charge in [0.1, 0.15) is 17.2 Å². The number of thiophene rings is 1. The molecule has 47 heavy (non-hydrogen) atoms. The van der Waals surface area contributed by atoms with Gasteiger partial charge in [0.05, 0.1) is 4.92 Å². The quantitative estimate of drug-likeness (QED) is 0.0614. The van der Waals surface area contributed by atoms with Crippen molar-refractivity contribution in [1.82, 2.24) is 10.2 Å². The van der Waals surface area contributed by atoms with E-state index >= 15 is 4.39 Å². The summed E-state index contributed by atoms with van der Waals surface area (Å²) in [6, 6.07) is 27.6. The van der Waals surface area contributed by atoms with E-state index in [1.807, 2.05) is 60.7 Å². The first-order valence-electron chi connectivity index (χ1n) is 14.5. The summed E-state index contributed by atoms with van der Waals surface area (Å²) in [5, 5.41) is 15.0. The van der Waals surface area contributed by atoms with Gasteiger partial charge in [-0.1, -0.05) is 66.7 Å². The topological polar surface area (TPSA) is 119 Å². The number of hydrogen-bond acceptors (Lipinski definition) is 9. The van der Waals surface area contributed by atoms with Gasteiger partial charge in [-0.15, -0.1) is 34.9 Å². The molecule has 1 saturated heterocycles. The lowest BCUT2D eigenvalue weighted by Crippen LogP contribution is -2.77. The normalized spacial score (nSPS) is 19.5. The largest absolute Gasteiger partial charge is 0.448 e. The van der Waals surface area contributed by atoms with E-state index in [1.165, 1.54) is 59.2 Å². The van der Waals surface area contributed by atoms with Crippen LogP contribution in [0, 0.1) is 10.1 Å². The molecule has 6 rings (SSSR count). The Morgan fingerprint density at radius 1 is 1.04 bits per heavy atom. The van der Waals surface area contributed by atoms with Crippen LogP contribution in [0.3, 0.4) is 0 Å². The van der Waals surface area contributed by atoms with Gasteiger partial charge in [0, 0.05) is 45.9 Å². The van der Waals surface area contributed by atoms with Crippen LogP contribution in [0.4, 0.5) is 10.1 Å². The Morgan fingerprint density at radius 2 is 1.68 bits per heavy atom. The predicted octanol–water partition coefficient (Wildman–Crippen LogP) is 6.62. The maximum Gasteiger partial charge on any atom is 0.356 e. The minimum absolute atomic E-state index is 0.0644. The van der Waals surface area contributed by atoms with Crippen molar-refractivity contribution >= 4 is 58.3 Å². The third kappa shape index (κ3) is 6.30. The molecule has 4 aromatic rings. The zero-order chi connectivity index (χ0) is 33.1. The van der Waals surface area contributed by atoms with E-state index in [4.69, 9.17) is 4.74 Å². The number of thioether (sulfide) groups is 2. The van der Waals surface area contributed by atoms with Gasteiger partial charge in [-0.25, -0.2) is 9.18 Å². The van der Waals surface area contributed by atoms with Crippen molar-refractivity contribution in [2.45, 2.75) is 35.0 Å². The summed E-state index contributed by atoms with van der Waals surface area (Å²) < 4.78 is 22.4. The number of nitro groups is 1. The van der Waals surface area contributed by atoms with Crippen molar-refractivity contribution in [3.05, 3.63) is 140 Å². The maximum absolute atomic E-state index is 16.3. The summed E-state index contributed by atoms with van der Waals surface area (Å²) in [5.41, 5.74) is -0.180. The summed E-state index contributed by atoms with van der Waals surface area (Å²) in [4.78, 5) is 53.9. The van der Waals surface area contributed by atoms with Gasteiger partial charge in [-0.05, 0) is 34.7 Å². The van der Waals surface area contributed by atoms with Crippen molar-refractivity contribution in [2.75, 3.05) is 11.5 Å². The first-order chi connectivity index (χ1) is 22.7. The average Bonchev–Trinajstić information content (AvgIpc) is 3.64. The van der Waals surface area contributed by atoms with Crippen molar-refractivity contribution in [2.24, 2.45) is 0 Å². The van der Waals surface area contributed by atoms with Crippen LogP contribution >= 0.6 is 34.9 Å². The molecule has 2 aliphatic rings. The minimum Gasteiger partial charge on any atom is -0.448 e. The molecule has 1 N–H and O–H groups in total. The third-order valence-electron chi connectivity index (χ3n) is 7.83. The number of nitro benzene ring substituents is 1. The zero-order valence-electron chi connectivity index (χ0n) is 24.9. The van der Waals surface area contributed by atoms with E-state index in [2.05, 4.69) is 5.32 Å². The number of carbonyl (C=O) groups excluding carboxylic acids is 3. The van der Waals surface area contributed by atoms with Gasteiger partial charge in [-0.3, -0.25) is 24.6 Å². The van der Waals surface area contributed by atoms with Crippen LogP contribution in [0.15, 0.2) is 119 Å². The fourth-order valence-electron chi connectivity index (χ4n) is 5.67. The van der Waals surface area contributed by atoms with E-state index in [1.54, 1.807) is 17.5 Å². The Hall–Kier alpha value is -4.46. The monoisotopic (exact) mass is 689 g/mol. The third-order valence-corrected chi connectivity index (χ3v) is 11.3. The van der Waals surface area contributed by atoms with E-state index in [9.17, 15) is 24.5 Å². The molecular formula is C34H28FN3O6S3. The van der Waals surface area contributed by atoms with Crippen LogP contribution in [0.25, 0.3) is 0 Å². The summed E-state index contributed by atoms with van der Waals surface area (Å²) in [5.74, 6) is -1.87. The molecule has 9 nitrogen and oxygen atoms in total. The maximum atomic E-state index is 16.3. The number of hydrogen-bond donors (Lipinski definition) is 1. The second-order valence-corrected chi connectivity index (χ2v) is 13.9. The number of alkyl halides is 1. The highest BCUT2D eigenvalue weighted by molar-refractivity contribution is 8.00. The molecule has 0 radical (unpaired) electrons. The van der Waals surface area contributed by atoms with Gasteiger partial charge in [-0.2, -0.15) is 0 Å². The lowest BCUT2D eigenvalue weighted by molar-refractivity contribution is -0.384. The Bertz CT molecular complexity index is 1780. The van der Waals surface area contributed by atoms with Crippen molar-refractivity contribution < 1.29 is 28.4 Å². The van der Waals surface area contributed by atoms with Gasteiger partial charge >= 0.3 is 5.97 Å². The van der Waals surface area contributed by atoms with Gasteiger partial charge in [0.25, 0.3) is 11.6 Å². The molecule has 1 aromatic heterocycles. The number of benzene rings is 3. The van der Waals surface area contributed by atoms with Crippen LogP contribution in [0.1, 0.15) is 29.0 Å². The number of carbonyl (C=O) groups is 3. The molecule has 0 saturated carbocycles. The molecule has 0 aliphatic carbocycles. The van der Waals surface area contributed by atoms with E-state index in [-0.39, 0.29) is 28.5 Å². The standard InChI is InChI=1S/C34H28FN3O6S3/c1-21(39)36-34(28-13-8-18-45-28)32(41)37-29(31(40)44-30(22-9-4-2-5-10-22)23-11-6-3-7-12-23)26(19-47-33(34)37)27(35)20-46-25-16-14-24(15-17-25)38(42)43/h2-18,27,30,33H,19-20H2,1H3,(H,36,39)/t27?,33-,34?/m0/s1. The first kappa shape index (κ1) is 32.5. The molecule has 0 bridgehead atoms. The summed E-state index contributed by atoms with van der Waals surface area (Å²) in [7, 11) is 0. The van der Waals surface area contributed by atoms with Crippen LogP contribution in [0.2, 0.25) is 0 Å². The average molecular weight is 690 g/mol. The lowest BCUT2D eigenvalue weighted by atomic mass is 9.84. The number of esters is 1. The molecule has 3 atom stereocenters. The van der Waals surface area contributed by atoms with Crippen molar-refractivity contribution in [3.63, 3.8) is 0 Å². The van der Waals surface area contributed by atoms with Gasteiger partial charge in [0.15, 0.2) is 11.6 Å². The molecule has 1 fully saturated rings. The number of amides is 2. The number of ether oxygens (including phenoxy) is 1. The number of halogens is 1. The summed E-state index contributed by atoms with van der Waals surface area (Å²) in [6.45, 7) is 1.33. The zero-order valence-corrected chi connectivity index (χ0v) is 27.4. The smallest absolute Gasteiger partial charge is 0.356 e. The summed E-state index contributed by atoms with van der Waals surface area (Å²) in [6.07, 6.45) is -2.50. The van der Waals surface area contributed by atoms with Crippen LogP contribution in [-0.4, -0.2) is 50.7 Å². The fraction of sp³-hybridized carbons (Fsp3) is 0.206.